The van der Waals surface area contributed by atoms with E-state index in [0.29, 0.717) is 5.92 Å². The predicted octanol–water partition coefficient (Wildman–Crippen LogP) is 4.85. The Morgan fingerprint density at radius 1 is 1.32 bits per heavy atom. The van der Waals surface area contributed by atoms with Crippen LogP contribution in [-0.2, 0) is 4.74 Å². The van der Waals surface area contributed by atoms with Gasteiger partial charge in [0.2, 0.25) is 0 Å². The summed E-state index contributed by atoms with van der Waals surface area (Å²) in [5.74, 6) is 1.06. The van der Waals surface area contributed by atoms with Crippen molar-refractivity contribution in [3.63, 3.8) is 0 Å². The van der Waals surface area contributed by atoms with Crippen molar-refractivity contribution in [2.45, 2.75) is 52.1 Å². The lowest BCUT2D eigenvalue weighted by Crippen LogP contribution is -2.35. The second-order valence-electron chi connectivity index (χ2n) is 6.51. The van der Waals surface area contributed by atoms with Gasteiger partial charge in [0, 0.05) is 18.2 Å². The average molecular weight is 303 g/mol. The predicted molar refractivity (Wildman–Crippen MR) is 88.5 cm³/mol. The minimum Gasteiger partial charge on any atom is -0.497 e. The number of methoxy groups -OCH3 is 1. The molecule has 0 aliphatic carbocycles. The fourth-order valence-corrected chi connectivity index (χ4v) is 2.58. The van der Waals surface area contributed by atoms with Crippen molar-refractivity contribution < 1.29 is 14.3 Å². The highest BCUT2D eigenvalue weighted by Gasteiger charge is 2.28. The molecular formula is C18H25NO3. The Bertz CT molecular complexity index is 572. The molecule has 2 rings (SSSR count). The summed E-state index contributed by atoms with van der Waals surface area (Å²) in [5.41, 5.74) is 1.45. The molecule has 0 aromatic heterocycles. The standard InChI is InChI=1S/C18H25NO3/c1-6-7-13-10-11-19(17(20)22-18(2,3)4)16-12-14(21-5)8-9-15(13)16/h8-13H,6-7H2,1-5H3. The van der Waals surface area contributed by atoms with Crippen molar-refractivity contribution in [1.82, 2.24) is 0 Å². The molecule has 1 heterocycles. The lowest BCUT2D eigenvalue weighted by atomic mass is 9.90. The van der Waals surface area contributed by atoms with Gasteiger partial charge in [-0.3, -0.25) is 4.90 Å². The number of hydrogen-bond donors (Lipinski definition) is 0. The van der Waals surface area contributed by atoms with Gasteiger partial charge in [-0.2, -0.15) is 0 Å². The first-order valence-corrected chi connectivity index (χ1v) is 7.74. The van der Waals surface area contributed by atoms with Crippen molar-refractivity contribution in [1.29, 1.82) is 0 Å². The lowest BCUT2D eigenvalue weighted by Gasteiger charge is -2.31. The highest BCUT2D eigenvalue weighted by Crippen LogP contribution is 2.38. The van der Waals surface area contributed by atoms with Crippen molar-refractivity contribution in [2.75, 3.05) is 12.0 Å². The SMILES string of the molecule is CCCC1C=CN(C(=O)OC(C)(C)C)c2cc(OC)ccc21. The first-order chi connectivity index (χ1) is 10.4. The normalized spacial score (nSPS) is 17.1. The van der Waals surface area contributed by atoms with Crippen LogP contribution in [0.1, 0.15) is 52.0 Å². The van der Waals surface area contributed by atoms with Crippen LogP contribution in [0.3, 0.4) is 0 Å². The molecular weight excluding hydrogens is 278 g/mol. The Kier molecular flexibility index (Phi) is 4.79. The van der Waals surface area contributed by atoms with Gasteiger partial charge in [0.15, 0.2) is 0 Å². The number of amides is 1. The summed E-state index contributed by atoms with van der Waals surface area (Å²) in [7, 11) is 1.63. The molecule has 1 aromatic rings. The van der Waals surface area contributed by atoms with Crippen LogP contribution in [0.15, 0.2) is 30.5 Å². The zero-order valence-electron chi connectivity index (χ0n) is 14.1. The van der Waals surface area contributed by atoms with E-state index in [0.717, 1.165) is 29.8 Å². The molecule has 22 heavy (non-hydrogen) atoms. The van der Waals surface area contributed by atoms with E-state index in [1.807, 2.05) is 45.2 Å². The third-order valence-electron chi connectivity index (χ3n) is 3.55. The van der Waals surface area contributed by atoms with Crippen LogP contribution in [0, 0.1) is 0 Å². The highest BCUT2D eigenvalue weighted by molar-refractivity contribution is 5.92. The lowest BCUT2D eigenvalue weighted by molar-refractivity contribution is 0.0595. The molecule has 1 aliphatic heterocycles. The molecule has 0 fully saturated rings. The van der Waals surface area contributed by atoms with Gasteiger partial charge in [0.1, 0.15) is 11.4 Å². The van der Waals surface area contributed by atoms with Gasteiger partial charge in [-0.15, -0.1) is 0 Å². The van der Waals surface area contributed by atoms with Crippen molar-refractivity contribution in [3.05, 3.63) is 36.0 Å². The molecule has 1 amide bonds. The molecule has 1 atom stereocenters. The van der Waals surface area contributed by atoms with E-state index >= 15 is 0 Å². The van der Waals surface area contributed by atoms with E-state index in [1.165, 1.54) is 0 Å². The Morgan fingerprint density at radius 3 is 2.64 bits per heavy atom. The largest absolute Gasteiger partial charge is 0.497 e. The topological polar surface area (TPSA) is 38.8 Å². The zero-order valence-corrected chi connectivity index (χ0v) is 14.1. The number of ether oxygens (including phenoxy) is 2. The molecule has 4 nitrogen and oxygen atoms in total. The molecule has 1 unspecified atom stereocenters. The molecule has 1 aromatic carbocycles. The van der Waals surface area contributed by atoms with Gasteiger partial charge in [-0.25, -0.2) is 4.79 Å². The minimum atomic E-state index is -0.524. The molecule has 0 radical (unpaired) electrons. The first-order valence-electron chi connectivity index (χ1n) is 7.74. The molecule has 4 heteroatoms. The monoisotopic (exact) mass is 303 g/mol. The van der Waals surface area contributed by atoms with E-state index in [2.05, 4.69) is 13.0 Å². The van der Waals surface area contributed by atoms with Crippen LogP contribution in [0.2, 0.25) is 0 Å². The van der Waals surface area contributed by atoms with Gasteiger partial charge < -0.3 is 9.47 Å². The van der Waals surface area contributed by atoms with Crippen LogP contribution >= 0.6 is 0 Å². The van der Waals surface area contributed by atoms with Crippen LogP contribution in [0.5, 0.6) is 5.75 Å². The maximum Gasteiger partial charge on any atom is 0.418 e. The number of fused-ring (bicyclic) bond motifs is 1. The second kappa shape index (κ2) is 6.42. The van der Waals surface area contributed by atoms with Crippen molar-refractivity contribution >= 4 is 11.8 Å². The number of nitrogens with zero attached hydrogens (tertiary/aromatic N) is 1. The van der Waals surface area contributed by atoms with E-state index in [9.17, 15) is 4.79 Å². The Hall–Kier alpha value is -1.97. The number of rotatable bonds is 3. The van der Waals surface area contributed by atoms with Gasteiger partial charge in [-0.1, -0.05) is 25.5 Å². The summed E-state index contributed by atoms with van der Waals surface area (Å²) in [6, 6.07) is 5.87. The maximum atomic E-state index is 12.5. The van der Waals surface area contributed by atoms with Crippen LogP contribution in [0.25, 0.3) is 0 Å². The summed E-state index contributed by atoms with van der Waals surface area (Å²) in [6.45, 7) is 7.76. The summed E-state index contributed by atoms with van der Waals surface area (Å²) in [5, 5.41) is 0. The molecule has 0 N–H and O–H groups in total. The summed E-state index contributed by atoms with van der Waals surface area (Å²) in [4.78, 5) is 14.0. The summed E-state index contributed by atoms with van der Waals surface area (Å²) >= 11 is 0. The number of anilines is 1. The average Bonchev–Trinajstić information content (AvgIpc) is 2.45. The molecule has 120 valence electrons. The fraction of sp³-hybridized carbons (Fsp3) is 0.500. The van der Waals surface area contributed by atoms with Gasteiger partial charge in [0.05, 0.1) is 12.8 Å². The minimum absolute atomic E-state index is 0.324. The van der Waals surface area contributed by atoms with Crippen molar-refractivity contribution in [3.8, 4) is 5.75 Å². The first kappa shape index (κ1) is 16.4. The molecule has 1 aliphatic rings. The molecule has 0 bridgehead atoms. The molecule has 0 spiro atoms. The fourth-order valence-electron chi connectivity index (χ4n) is 2.58. The highest BCUT2D eigenvalue weighted by atomic mass is 16.6. The number of benzene rings is 1. The number of carbonyl (C=O) groups excluding carboxylic acids is 1. The van der Waals surface area contributed by atoms with Gasteiger partial charge in [-0.05, 0) is 38.8 Å². The van der Waals surface area contributed by atoms with Crippen molar-refractivity contribution in [2.24, 2.45) is 0 Å². The van der Waals surface area contributed by atoms with E-state index in [1.54, 1.807) is 12.0 Å². The third-order valence-corrected chi connectivity index (χ3v) is 3.55. The summed E-state index contributed by atoms with van der Waals surface area (Å²) in [6.07, 6.45) is 5.66. The summed E-state index contributed by atoms with van der Waals surface area (Å²) < 4.78 is 10.8. The Morgan fingerprint density at radius 2 is 2.05 bits per heavy atom. The van der Waals surface area contributed by atoms with Crippen LogP contribution in [-0.4, -0.2) is 18.8 Å². The zero-order chi connectivity index (χ0) is 16.3. The smallest absolute Gasteiger partial charge is 0.418 e. The maximum absolute atomic E-state index is 12.5. The molecule has 0 saturated carbocycles. The Labute approximate surface area is 132 Å². The van der Waals surface area contributed by atoms with Crippen LogP contribution in [0.4, 0.5) is 10.5 Å². The van der Waals surface area contributed by atoms with E-state index < -0.39 is 5.60 Å². The quantitative estimate of drug-likeness (QED) is 0.801. The molecule has 0 saturated heterocycles. The van der Waals surface area contributed by atoms with Gasteiger partial charge in [0.25, 0.3) is 0 Å². The van der Waals surface area contributed by atoms with Crippen LogP contribution < -0.4 is 9.64 Å². The van der Waals surface area contributed by atoms with E-state index in [-0.39, 0.29) is 6.09 Å². The van der Waals surface area contributed by atoms with E-state index in [4.69, 9.17) is 9.47 Å². The number of carbonyl (C=O) groups is 1. The second-order valence-corrected chi connectivity index (χ2v) is 6.51. The third kappa shape index (κ3) is 3.62. The Balaban J connectivity index is 2.38. The number of hydrogen-bond acceptors (Lipinski definition) is 3. The van der Waals surface area contributed by atoms with Gasteiger partial charge >= 0.3 is 6.09 Å². The number of allylic oxidation sites excluding steroid dienone is 1.